The summed E-state index contributed by atoms with van der Waals surface area (Å²) >= 11 is 0. The van der Waals surface area contributed by atoms with E-state index in [1.54, 1.807) is 0 Å². The van der Waals surface area contributed by atoms with Crippen molar-refractivity contribution in [2.75, 3.05) is 11.4 Å². The van der Waals surface area contributed by atoms with Gasteiger partial charge in [-0.15, -0.1) is 0 Å². The van der Waals surface area contributed by atoms with Gasteiger partial charge in [0.15, 0.2) is 0 Å². The Labute approximate surface area is 101 Å². The largest absolute Gasteiger partial charge is 0.326 e. The lowest BCUT2D eigenvalue weighted by Gasteiger charge is -2.18. The van der Waals surface area contributed by atoms with E-state index < -0.39 is 0 Å². The van der Waals surface area contributed by atoms with Gasteiger partial charge in [0, 0.05) is 18.8 Å². The average Bonchev–Trinajstić information content (AvgIpc) is 2.82. The number of hydrogen-bond donors (Lipinski definition) is 1. The second kappa shape index (κ2) is 4.18. The van der Waals surface area contributed by atoms with Crippen molar-refractivity contribution in [3.05, 3.63) is 53.7 Å². The third-order valence-electron chi connectivity index (χ3n) is 3.16. The summed E-state index contributed by atoms with van der Waals surface area (Å²) in [4.78, 5) is 6.83. The smallest absolute Gasteiger partial charge is 0.133 e. The molecule has 1 aliphatic heterocycles. The number of hydrogen-bond acceptors (Lipinski definition) is 3. The summed E-state index contributed by atoms with van der Waals surface area (Å²) < 4.78 is 0. The van der Waals surface area contributed by atoms with Crippen LogP contribution in [0.25, 0.3) is 0 Å². The van der Waals surface area contributed by atoms with Crippen LogP contribution >= 0.6 is 0 Å². The molecule has 86 valence electrons. The van der Waals surface area contributed by atoms with Crippen LogP contribution in [-0.2, 0) is 13.0 Å². The molecule has 0 amide bonds. The quantitative estimate of drug-likeness (QED) is 0.852. The summed E-state index contributed by atoms with van der Waals surface area (Å²) in [6, 6.07) is 14.5. The van der Waals surface area contributed by atoms with Gasteiger partial charge < -0.3 is 10.6 Å². The highest BCUT2D eigenvalue weighted by molar-refractivity contribution is 5.67. The van der Waals surface area contributed by atoms with Crippen LogP contribution in [0.2, 0.25) is 0 Å². The molecule has 0 saturated carbocycles. The number of nitrogens with zero attached hydrogens (tertiary/aromatic N) is 2. The maximum Gasteiger partial charge on any atom is 0.133 e. The Balaban J connectivity index is 2.01. The monoisotopic (exact) mass is 225 g/mol. The minimum absolute atomic E-state index is 0.489. The van der Waals surface area contributed by atoms with Crippen LogP contribution in [0.1, 0.15) is 11.3 Å². The van der Waals surface area contributed by atoms with Crippen molar-refractivity contribution in [1.82, 2.24) is 4.98 Å². The van der Waals surface area contributed by atoms with E-state index in [2.05, 4.69) is 34.1 Å². The van der Waals surface area contributed by atoms with E-state index in [1.807, 2.05) is 18.2 Å². The van der Waals surface area contributed by atoms with Crippen LogP contribution in [0.3, 0.4) is 0 Å². The van der Waals surface area contributed by atoms with E-state index in [9.17, 15) is 0 Å². The molecule has 17 heavy (non-hydrogen) atoms. The standard InChI is InChI=1S/C14H15N3/c15-10-12-5-3-7-14(16-12)17-9-8-11-4-1-2-6-13(11)17/h1-7H,8-10,15H2. The molecule has 3 nitrogen and oxygen atoms in total. The predicted molar refractivity (Wildman–Crippen MR) is 69.3 cm³/mol. The number of benzene rings is 1. The number of fused-ring (bicyclic) bond motifs is 1. The zero-order valence-corrected chi connectivity index (χ0v) is 9.63. The van der Waals surface area contributed by atoms with Crippen LogP contribution in [0.4, 0.5) is 11.5 Å². The first-order chi connectivity index (χ1) is 8.38. The second-order valence-electron chi connectivity index (χ2n) is 4.22. The molecule has 2 heterocycles. The van der Waals surface area contributed by atoms with E-state index in [1.165, 1.54) is 11.3 Å². The lowest BCUT2D eigenvalue weighted by atomic mass is 10.2. The van der Waals surface area contributed by atoms with Gasteiger partial charge >= 0.3 is 0 Å². The van der Waals surface area contributed by atoms with Crippen LogP contribution in [0.5, 0.6) is 0 Å². The maximum atomic E-state index is 5.63. The topological polar surface area (TPSA) is 42.1 Å². The Kier molecular flexibility index (Phi) is 2.53. The van der Waals surface area contributed by atoms with E-state index in [4.69, 9.17) is 5.73 Å². The van der Waals surface area contributed by atoms with Crippen molar-refractivity contribution in [3.63, 3.8) is 0 Å². The van der Waals surface area contributed by atoms with Crippen molar-refractivity contribution >= 4 is 11.5 Å². The molecule has 0 spiro atoms. The number of anilines is 2. The van der Waals surface area contributed by atoms with Crippen molar-refractivity contribution < 1.29 is 0 Å². The van der Waals surface area contributed by atoms with Crippen LogP contribution in [0.15, 0.2) is 42.5 Å². The molecule has 1 aromatic heterocycles. The minimum Gasteiger partial charge on any atom is -0.326 e. The zero-order chi connectivity index (χ0) is 11.7. The number of para-hydroxylation sites is 1. The van der Waals surface area contributed by atoms with Gasteiger partial charge in [-0.3, -0.25) is 0 Å². The molecule has 0 radical (unpaired) electrons. The van der Waals surface area contributed by atoms with Crippen LogP contribution < -0.4 is 10.6 Å². The van der Waals surface area contributed by atoms with Gasteiger partial charge in [-0.1, -0.05) is 24.3 Å². The molecule has 2 N–H and O–H groups in total. The third kappa shape index (κ3) is 1.78. The van der Waals surface area contributed by atoms with Crippen molar-refractivity contribution in [3.8, 4) is 0 Å². The normalized spacial score (nSPS) is 13.8. The average molecular weight is 225 g/mol. The fraction of sp³-hybridized carbons (Fsp3) is 0.214. The van der Waals surface area contributed by atoms with Gasteiger partial charge in [-0.25, -0.2) is 4.98 Å². The molecular weight excluding hydrogens is 210 g/mol. The minimum atomic E-state index is 0.489. The summed E-state index contributed by atoms with van der Waals surface area (Å²) in [7, 11) is 0. The molecule has 2 aromatic rings. The van der Waals surface area contributed by atoms with E-state index in [0.717, 1.165) is 24.5 Å². The fourth-order valence-corrected chi connectivity index (χ4v) is 2.31. The highest BCUT2D eigenvalue weighted by Gasteiger charge is 2.20. The number of nitrogens with two attached hydrogens (primary N) is 1. The summed E-state index contributed by atoms with van der Waals surface area (Å²) in [6.45, 7) is 1.49. The third-order valence-corrected chi connectivity index (χ3v) is 3.16. The molecule has 3 rings (SSSR count). The predicted octanol–water partition coefficient (Wildman–Crippen LogP) is 2.23. The number of aromatic nitrogens is 1. The van der Waals surface area contributed by atoms with Crippen molar-refractivity contribution in [1.29, 1.82) is 0 Å². The molecule has 1 aliphatic rings. The van der Waals surface area contributed by atoms with E-state index in [-0.39, 0.29) is 0 Å². The first-order valence-corrected chi connectivity index (χ1v) is 5.90. The molecule has 0 fully saturated rings. The number of rotatable bonds is 2. The van der Waals surface area contributed by atoms with Gasteiger partial charge in [0.2, 0.25) is 0 Å². The van der Waals surface area contributed by atoms with E-state index >= 15 is 0 Å². The number of pyridine rings is 1. The maximum absolute atomic E-state index is 5.63. The summed E-state index contributed by atoms with van der Waals surface area (Å²) in [5, 5.41) is 0. The van der Waals surface area contributed by atoms with Gasteiger partial charge in [0.1, 0.15) is 5.82 Å². The molecule has 0 atom stereocenters. The Bertz CT molecular complexity index is 536. The first kappa shape index (κ1) is 10.3. The Morgan fingerprint density at radius 2 is 2.00 bits per heavy atom. The molecule has 1 aromatic carbocycles. The van der Waals surface area contributed by atoms with Gasteiger partial charge in [-0.05, 0) is 30.2 Å². The van der Waals surface area contributed by atoms with E-state index in [0.29, 0.717) is 6.54 Å². The zero-order valence-electron chi connectivity index (χ0n) is 9.63. The molecule has 0 saturated heterocycles. The van der Waals surface area contributed by atoms with Crippen molar-refractivity contribution in [2.45, 2.75) is 13.0 Å². The summed E-state index contributed by atoms with van der Waals surface area (Å²) in [5.74, 6) is 0.998. The highest BCUT2D eigenvalue weighted by Crippen LogP contribution is 2.32. The van der Waals surface area contributed by atoms with Crippen molar-refractivity contribution in [2.24, 2.45) is 5.73 Å². The summed E-state index contributed by atoms with van der Waals surface area (Å²) in [5.41, 5.74) is 9.24. The second-order valence-corrected chi connectivity index (χ2v) is 4.22. The molecule has 3 heteroatoms. The summed E-state index contributed by atoms with van der Waals surface area (Å²) in [6.07, 6.45) is 1.09. The fourth-order valence-electron chi connectivity index (χ4n) is 2.31. The Hall–Kier alpha value is -1.87. The molecular formula is C14H15N3. The first-order valence-electron chi connectivity index (χ1n) is 5.90. The lowest BCUT2D eigenvalue weighted by Crippen LogP contribution is -2.15. The highest BCUT2D eigenvalue weighted by atomic mass is 15.2. The lowest BCUT2D eigenvalue weighted by molar-refractivity contribution is 0.935. The Morgan fingerprint density at radius 1 is 1.12 bits per heavy atom. The van der Waals surface area contributed by atoms with Gasteiger partial charge in [-0.2, -0.15) is 0 Å². The molecule has 0 unspecified atom stereocenters. The van der Waals surface area contributed by atoms with Crippen LogP contribution in [0, 0.1) is 0 Å². The van der Waals surface area contributed by atoms with Gasteiger partial charge in [0.05, 0.1) is 5.69 Å². The van der Waals surface area contributed by atoms with Crippen LogP contribution in [-0.4, -0.2) is 11.5 Å². The Morgan fingerprint density at radius 3 is 2.88 bits per heavy atom. The molecule has 0 bridgehead atoms. The SMILES string of the molecule is NCc1cccc(N2CCc3ccccc32)n1. The molecule has 0 aliphatic carbocycles. The van der Waals surface area contributed by atoms with Gasteiger partial charge in [0.25, 0.3) is 0 Å².